The Labute approximate surface area is 113 Å². The number of carbonyl (C=O) groups is 1. The van der Waals surface area contributed by atoms with E-state index in [-0.39, 0.29) is 16.4 Å². The molecular weight excluding hydrogens is 274 g/mol. The number of amides is 1. The van der Waals surface area contributed by atoms with E-state index in [9.17, 15) is 13.6 Å². The maximum Gasteiger partial charge on any atom is 0.275 e. The fourth-order valence-corrected chi connectivity index (χ4v) is 2.05. The summed E-state index contributed by atoms with van der Waals surface area (Å²) < 4.78 is 28.3. The molecule has 0 saturated carbocycles. The molecule has 3 nitrogen and oxygen atoms in total. The summed E-state index contributed by atoms with van der Waals surface area (Å²) in [4.78, 5) is 12.0. The van der Waals surface area contributed by atoms with E-state index in [0.717, 1.165) is 12.1 Å². The van der Waals surface area contributed by atoms with Gasteiger partial charge in [-0.15, -0.1) is 0 Å². The van der Waals surface area contributed by atoms with Crippen LogP contribution in [-0.2, 0) is 7.05 Å². The normalized spacial score (nSPS) is 10.6. The van der Waals surface area contributed by atoms with Crippen molar-refractivity contribution in [3.8, 4) is 0 Å². The molecule has 1 amide bonds. The van der Waals surface area contributed by atoms with Gasteiger partial charge in [-0.1, -0.05) is 11.6 Å². The fraction of sp³-hybridized carbons (Fsp3) is 0.154. The molecular formula is C13H11ClF2N2O. The molecule has 0 aliphatic heterocycles. The van der Waals surface area contributed by atoms with Crippen molar-refractivity contribution in [1.82, 2.24) is 4.57 Å². The molecule has 0 aliphatic rings. The Morgan fingerprint density at radius 3 is 2.53 bits per heavy atom. The molecule has 19 heavy (non-hydrogen) atoms. The molecule has 0 bridgehead atoms. The van der Waals surface area contributed by atoms with Crippen LogP contribution < -0.4 is 5.32 Å². The maximum atomic E-state index is 13.8. The van der Waals surface area contributed by atoms with Crippen LogP contribution in [0.1, 0.15) is 16.1 Å². The lowest BCUT2D eigenvalue weighted by Gasteiger charge is -2.07. The van der Waals surface area contributed by atoms with Gasteiger partial charge in [0, 0.05) is 29.5 Å². The molecule has 0 saturated heterocycles. The molecule has 0 fully saturated rings. The van der Waals surface area contributed by atoms with Gasteiger partial charge < -0.3 is 9.88 Å². The molecule has 1 aromatic carbocycles. The molecule has 0 spiro atoms. The molecule has 2 rings (SSSR count). The highest BCUT2D eigenvalue weighted by Crippen LogP contribution is 2.20. The van der Waals surface area contributed by atoms with Crippen molar-refractivity contribution in [2.75, 3.05) is 5.32 Å². The van der Waals surface area contributed by atoms with E-state index in [0.29, 0.717) is 5.56 Å². The third-order valence-corrected chi connectivity index (χ3v) is 2.85. The third kappa shape index (κ3) is 2.76. The number of anilines is 1. The lowest BCUT2D eigenvalue weighted by atomic mass is 10.2. The predicted molar refractivity (Wildman–Crippen MR) is 69.5 cm³/mol. The number of rotatable bonds is 2. The average molecular weight is 285 g/mol. The summed E-state index contributed by atoms with van der Waals surface area (Å²) in [5.74, 6) is -1.83. The maximum absolute atomic E-state index is 13.8. The molecule has 0 aliphatic carbocycles. The Morgan fingerprint density at radius 1 is 1.32 bits per heavy atom. The Morgan fingerprint density at radius 2 is 2.00 bits per heavy atom. The molecule has 0 atom stereocenters. The van der Waals surface area contributed by atoms with Gasteiger partial charge >= 0.3 is 0 Å². The van der Waals surface area contributed by atoms with E-state index in [1.165, 1.54) is 16.8 Å². The first-order valence-corrected chi connectivity index (χ1v) is 5.85. The summed E-state index contributed by atoms with van der Waals surface area (Å²) in [7, 11) is 1.56. The van der Waals surface area contributed by atoms with Gasteiger partial charge in [-0.3, -0.25) is 4.79 Å². The smallest absolute Gasteiger partial charge is 0.275 e. The molecule has 1 aromatic heterocycles. The van der Waals surface area contributed by atoms with Crippen LogP contribution in [0.15, 0.2) is 24.4 Å². The highest BCUT2D eigenvalue weighted by atomic mass is 35.5. The van der Waals surface area contributed by atoms with E-state index in [2.05, 4.69) is 5.32 Å². The number of aromatic nitrogens is 1. The second-order valence-electron chi connectivity index (χ2n) is 4.20. The Bertz CT molecular complexity index is 632. The minimum Gasteiger partial charge on any atom is -0.344 e. The number of nitrogens with one attached hydrogen (secondary N) is 1. The van der Waals surface area contributed by atoms with Gasteiger partial charge in [-0.05, 0) is 25.1 Å². The zero-order valence-corrected chi connectivity index (χ0v) is 11.1. The van der Waals surface area contributed by atoms with Crippen molar-refractivity contribution >= 4 is 23.2 Å². The molecule has 1 N–H and O–H groups in total. The number of halogens is 3. The second kappa shape index (κ2) is 5.01. The summed E-state index contributed by atoms with van der Waals surface area (Å²) in [6.45, 7) is 1.56. The van der Waals surface area contributed by atoms with Crippen molar-refractivity contribution in [2.24, 2.45) is 7.05 Å². The molecule has 100 valence electrons. The van der Waals surface area contributed by atoms with Crippen molar-refractivity contribution in [3.63, 3.8) is 0 Å². The van der Waals surface area contributed by atoms with Crippen LogP contribution >= 0.6 is 11.6 Å². The van der Waals surface area contributed by atoms with Gasteiger partial charge in [-0.2, -0.15) is 0 Å². The van der Waals surface area contributed by atoms with Crippen molar-refractivity contribution in [3.05, 3.63) is 52.3 Å². The van der Waals surface area contributed by atoms with E-state index in [1.54, 1.807) is 14.0 Å². The van der Waals surface area contributed by atoms with Crippen LogP contribution in [0.4, 0.5) is 14.5 Å². The summed E-state index contributed by atoms with van der Waals surface area (Å²) in [5.41, 5.74) is 0.427. The average Bonchev–Trinajstić information content (AvgIpc) is 2.51. The van der Waals surface area contributed by atoms with Crippen LogP contribution in [0.3, 0.4) is 0 Å². The van der Waals surface area contributed by atoms with Crippen LogP contribution in [0.5, 0.6) is 0 Å². The van der Waals surface area contributed by atoms with E-state index in [4.69, 9.17) is 11.6 Å². The van der Waals surface area contributed by atoms with Crippen LogP contribution in [0.2, 0.25) is 5.02 Å². The Balaban J connectivity index is 2.30. The first-order chi connectivity index (χ1) is 8.88. The van der Waals surface area contributed by atoms with Crippen molar-refractivity contribution in [2.45, 2.75) is 6.92 Å². The second-order valence-corrected chi connectivity index (χ2v) is 4.63. The van der Waals surface area contributed by atoms with Crippen LogP contribution in [0.25, 0.3) is 0 Å². The van der Waals surface area contributed by atoms with Gasteiger partial charge in [0.05, 0.1) is 0 Å². The number of aryl methyl sites for hydroxylation is 2. The molecule has 0 unspecified atom stereocenters. The van der Waals surface area contributed by atoms with Crippen molar-refractivity contribution < 1.29 is 13.6 Å². The van der Waals surface area contributed by atoms with E-state index in [1.807, 2.05) is 0 Å². The summed E-state index contributed by atoms with van der Waals surface area (Å²) in [6, 6.07) is 3.61. The quantitative estimate of drug-likeness (QED) is 0.899. The van der Waals surface area contributed by atoms with E-state index >= 15 is 0 Å². The monoisotopic (exact) mass is 284 g/mol. The highest BCUT2D eigenvalue weighted by Gasteiger charge is 2.19. The lowest BCUT2D eigenvalue weighted by Crippen LogP contribution is -2.17. The summed E-state index contributed by atoms with van der Waals surface area (Å²) in [6.07, 6.45) is 1.50. The molecule has 6 heteroatoms. The standard InChI is InChI=1S/C13H11ClF2N2O/c1-7-6-18(2)12(11(7)16)13(19)17-10-4-8(14)3-9(15)5-10/h3-6H,1-2H3,(H,17,19). The van der Waals surface area contributed by atoms with Crippen molar-refractivity contribution in [1.29, 1.82) is 0 Å². The minimum atomic E-state index is -0.658. The number of carbonyl (C=O) groups excluding carboxylic acids is 1. The zero-order chi connectivity index (χ0) is 14.2. The molecule has 1 heterocycles. The zero-order valence-electron chi connectivity index (χ0n) is 10.3. The fourth-order valence-electron chi connectivity index (χ4n) is 1.83. The van der Waals surface area contributed by atoms with Gasteiger partial charge in [0.15, 0.2) is 5.82 Å². The first-order valence-electron chi connectivity index (χ1n) is 5.47. The van der Waals surface area contributed by atoms with Gasteiger partial charge in [0.25, 0.3) is 5.91 Å². The SMILES string of the molecule is Cc1cn(C)c(C(=O)Nc2cc(F)cc(Cl)c2)c1F. The highest BCUT2D eigenvalue weighted by molar-refractivity contribution is 6.31. The van der Waals surface area contributed by atoms with Gasteiger partial charge in [-0.25, -0.2) is 8.78 Å². The van der Waals surface area contributed by atoms with E-state index < -0.39 is 17.5 Å². The number of hydrogen-bond acceptors (Lipinski definition) is 1. The lowest BCUT2D eigenvalue weighted by molar-refractivity contribution is 0.101. The van der Waals surface area contributed by atoms with Gasteiger partial charge in [0.1, 0.15) is 11.5 Å². The molecule has 2 aromatic rings. The van der Waals surface area contributed by atoms with Crippen LogP contribution in [-0.4, -0.2) is 10.5 Å². The third-order valence-electron chi connectivity index (χ3n) is 2.63. The Kier molecular flexibility index (Phi) is 3.57. The predicted octanol–water partition coefficient (Wildman–Crippen LogP) is 3.52. The number of hydrogen-bond donors (Lipinski definition) is 1. The minimum absolute atomic E-state index is 0.113. The summed E-state index contributed by atoms with van der Waals surface area (Å²) in [5, 5.41) is 2.56. The van der Waals surface area contributed by atoms with Crippen LogP contribution in [0, 0.1) is 18.6 Å². The number of benzene rings is 1. The first kappa shape index (κ1) is 13.5. The topological polar surface area (TPSA) is 34.0 Å². The summed E-state index contributed by atoms with van der Waals surface area (Å²) >= 11 is 5.68. The largest absolute Gasteiger partial charge is 0.344 e. The molecule has 0 radical (unpaired) electrons. The Hall–Kier alpha value is -1.88. The number of nitrogens with zero attached hydrogens (tertiary/aromatic N) is 1. The van der Waals surface area contributed by atoms with Gasteiger partial charge in [0.2, 0.25) is 0 Å².